The summed E-state index contributed by atoms with van der Waals surface area (Å²) in [5.41, 5.74) is 2.00. The number of hydrogen-bond donors (Lipinski definition) is 1. The summed E-state index contributed by atoms with van der Waals surface area (Å²) in [5, 5.41) is 2.76. The maximum atomic E-state index is 15.3. The van der Waals surface area contributed by atoms with Crippen molar-refractivity contribution < 1.29 is 18.7 Å². The maximum Gasteiger partial charge on any atom is 0.217 e. The van der Waals surface area contributed by atoms with Crippen molar-refractivity contribution in [2.24, 2.45) is 0 Å². The molecule has 2 aliphatic rings. The van der Waals surface area contributed by atoms with E-state index in [1.165, 1.54) is 6.92 Å². The van der Waals surface area contributed by atoms with Crippen LogP contribution in [0.4, 0.5) is 4.39 Å². The van der Waals surface area contributed by atoms with Gasteiger partial charge in [-0.2, -0.15) is 0 Å². The van der Waals surface area contributed by atoms with Crippen molar-refractivity contribution in [3.63, 3.8) is 0 Å². The highest BCUT2D eigenvalue weighted by Crippen LogP contribution is 2.35. The Balaban J connectivity index is 1.56. The van der Waals surface area contributed by atoms with Gasteiger partial charge in [-0.25, -0.2) is 4.39 Å². The molecule has 4 rings (SSSR count). The second kappa shape index (κ2) is 8.39. The second-order valence-electron chi connectivity index (χ2n) is 7.41. The molecule has 2 aromatic carbocycles. The first kappa shape index (κ1) is 19.1. The molecule has 28 heavy (non-hydrogen) atoms. The Bertz CT molecular complexity index is 789. The fraction of sp³-hybridized carbons (Fsp3) is 0.409. The predicted octanol–water partition coefficient (Wildman–Crippen LogP) is 2.83. The van der Waals surface area contributed by atoms with E-state index in [2.05, 4.69) is 10.2 Å². The van der Waals surface area contributed by atoms with Gasteiger partial charge in [0.2, 0.25) is 5.91 Å². The average molecular weight is 384 g/mol. The van der Waals surface area contributed by atoms with Gasteiger partial charge < -0.3 is 14.8 Å². The van der Waals surface area contributed by atoms with Gasteiger partial charge in [0, 0.05) is 25.6 Å². The molecule has 5 atom stereocenters. The molecule has 1 amide bonds. The Morgan fingerprint density at radius 3 is 2.50 bits per heavy atom. The molecule has 5 nitrogen and oxygen atoms in total. The monoisotopic (exact) mass is 384 g/mol. The summed E-state index contributed by atoms with van der Waals surface area (Å²) in [5.74, 6) is -0.238. The topological polar surface area (TPSA) is 50.8 Å². The number of amides is 1. The van der Waals surface area contributed by atoms with Crippen LogP contribution in [0, 0.1) is 0 Å². The zero-order valence-electron chi connectivity index (χ0n) is 15.8. The molecule has 148 valence electrons. The summed E-state index contributed by atoms with van der Waals surface area (Å²) in [6.07, 6.45) is -2.57. The fourth-order valence-corrected chi connectivity index (χ4v) is 4.04. The number of benzene rings is 2. The molecule has 0 bridgehead atoms. The SMILES string of the molecule is CC(=O)NC1CN(Cc2ccccc2)C2COC(c3ccccc3)OC2C1F. The molecule has 0 radical (unpaired) electrons. The molecule has 5 unspecified atom stereocenters. The maximum absolute atomic E-state index is 15.3. The molecule has 2 saturated heterocycles. The molecule has 0 saturated carbocycles. The summed E-state index contributed by atoms with van der Waals surface area (Å²) in [6.45, 7) is 2.86. The van der Waals surface area contributed by atoms with Crippen LogP contribution in [0.3, 0.4) is 0 Å². The third kappa shape index (κ3) is 4.09. The Morgan fingerprint density at radius 1 is 1.14 bits per heavy atom. The molecule has 2 aromatic rings. The van der Waals surface area contributed by atoms with Gasteiger partial charge in [-0.3, -0.25) is 9.69 Å². The lowest BCUT2D eigenvalue weighted by Crippen LogP contribution is -2.67. The number of carbonyl (C=O) groups excluding carboxylic acids is 1. The summed E-state index contributed by atoms with van der Waals surface area (Å²) in [6, 6.07) is 18.8. The number of rotatable bonds is 4. The number of likely N-dealkylation sites (tertiary alicyclic amines) is 1. The van der Waals surface area contributed by atoms with Gasteiger partial charge in [0.1, 0.15) is 12.3 Å². The number of carbonyl (C=O) groups is 1. The molecule has 1 N–H and O–H groups in total. The van der Waals surface area contributed by atoms with E-state index in [1.54, 1.807) is 0 Å². The second-order valence-corrected chi connectivity index (χ2v) is 7.41. The van der Waals surface area contributed by atoms with Crippen LogP contribution in [-0.4, -0.2) is 48.3 Å². The van der Waals surface area contributed by atoms with E-state index in [-0.39, 0.29) is 11.9 Å². The van der Waals surface area contributed by atoms with E-state index in [0.29, 0.717) is 19.7 Å². The third-order valence-electron chi connectivity index (χ3n) is 5.37. The standard InChI is InChI=1S/C22H25FN2O3/c1-15(26)24-18-13-25(12-16-8-4-2-5-9-16)19-14-27-22(28-21(19)20(18)23)17-10-6-3-7-11-17/h2-11,18-22H,12-14H2,1H3,(H,24,26). The van der Waals surface area contributed by atoms with Gasteiger partial charge in [-0.15, -0.1) is 0 Å². The molecule has 2 heterocycles. The van der Waals surface area contributed by atoms with Gasteiger partial charge in [0.25, 0.3) is 0 Å². The predicted molar refractivity (Wildman–Crippen MR) is 103 cm³/mol. The van der Waals surface area contributed by atoms with Gasteiger partial charge in [0.05, 0.1) is 18.7 Å². The number of fused-ring (bicyclic) bond motifs is 1. The zero-order chi connectivity index (χ0) is 19.5. The molecule has 0 aliphatic carbocycles. The van der Waals surface area contributed by atoms with Gasteiger partial charge in [-0.05, 0) is 5.56 Å². The number of hydrogen-bond acceptors (Lipinski definition) is 4. The normalized spacial score (nSPS) is 30.4. The first-order valence-corrected chi connectivity index (χ1v) is 9.63. The minimum atomic E-state index is -1.30. The minimum Gasteiger partial charge on any atom is -0.349 e. The van der Waals surface area contributed by atoms with Crippen LogP contribution < -0.4 is 5.32 Å². The lowest BCUT2D eigenvalue weighted by molar-refractivity contribution is -0.271. The van der Waals surface area contributed by atoms with Crippen molar-refractivity contribution >= 4 is 5.91 Å². The highest BCUT2D eigenvalue weighted by molar-refractivity contribution is 5.73. The number of nitrogens with zero attached hydrogens (tertiary/aromatic N) is 1. The van der Waals surface area contributed by atoms with Gasteiger partial charge in [-0.1, -0.05) is 60.7 Å². The van der Waals surface area contributed by atoms with Crippen LogP contribution in [0.5, 0.6) is 0 Å². The zero-order valence-corrected chi connectivity index (χ0v) is 15.8. The van der Waals surface area contributed by atoms with Crippen LogP contribution in [0.15, 0.2) is 60.7 Å². The molecule has 2 fully saturated rings. The number of halogens is 1. The minimum absolute atomic E-state index is 0.208. The van der Waals surface area contributed by atoms with Crippen LogP contribution in [0.25, 0.3) is 0 Å². The highest BCUT2D eigenvalue weighted by atomic mass is 19.1. The molecule has 0 aromatic heterocycles. The van der Waals surface area contributed by atoms with E-state index < -0.39 is 24.6 Å². The Morgan fingerprint density at radius 2 is 1.82 bits per heavy atom. The van der Waals surface area contributed by atoms with E-state index in [1.807, 2.05) is 60.7 Å². The Labute approximate surface area is 164 Å². The van der Waals surface area contributed by atoms with E-state index in [9.17, 15) is 4.79 Å². The largest absolute Gasteiger partial charge is 0.349 e. The summed E-state index contributed by atoms with van der Waals surface area (Å²) in [4.78, 5) is 13.8. The van der Waals surface area contributed by atoms with Crippen LogP contribution in [-0.2, 0) is 20.8 Å². The van der Waals surface area contributed by atoms with Crippen LogP contribution >= 0.6 is 0 Å². The number of alkyl halides is 1. The first-order chi connectivity index (χ1) is 13.6. The van der Waals surface area contributed by atoms with E-state index >= 15 is 4.39 Å². The lowest BCUT2D eigenvalue weighted by atomic mass is 9.91. The molecule has 2 aliphatic heterocycles. The van der Waals surface area contributed by atoms with Gasteiger partial charge >= 0.3 is 0 Å². The van der Waals surface area contributed by atoms with Crippen LogP contribution in [0.2, 0.25) is 0 Å². The van der Waals surface area contributed by atoms with Crippen molar-refractivity contribution in [1.82, 2.24) is 10.2 Å². The Hall–Kier alpha value is -2.28. The molecule has 6 heteroatoms. The average Bonchev–Trinajstić information content (AvgIpc) is 2.72. The quantitative estimate of drug-likeness (QED) is 0.881. The van der Waals surface area contributed by atoms with Crippen molar-refractivity contribution in [3.05, 3.63) is 71.8 Å². The van der Waals surface area contributed by atoms with Gasteiger partial charge in [0.15, 0.2) is 6.29 Å². The van der Waals surface area contributed by atoms with Crippen molar-refractivity contribution in [2.45, 2.75) is 44.1 Å². The number of ether oxygens (including phenoxy) is 2. The lowest BCUT2D eigenvalue weighted by Gasteiger charge is -2.49. The van der Waals surface area contributed by atoms with Crippen LogP contribution in [0.1, 0.15) is 24.3 Å². The summed E-state index contributed by atoms with van der Waals surface area (Å²) >= 11 is 0. The van der Waals surface area contributed by atoms with Crippen molar-refractivity contribution in [2.75, 3.05) is 13.2 Å². The Kier molecular flexibility index (Phi) is 5.71. The van der Waals surface area contributed by atoms with Crippen molar-refractivity contribution in [1.29, 1.82) is 0 Å². The third-order valence-corrected chi connectivity index (χ3v) is 5.37. The summed E-state index contributed by atoms with van der Waals surface area (Å²) < 4.78 is 27.3. The molecule has 0 spiro atoms. The first-order valence-electron chi connectivity index (χ1n) is 9.63. The fourth-order valence-electron chi connectivity index (χ4n) is 4.04. The summed E-state index contributed by atoms with van der Waals surface area (Å²) in [7, 11) is 0. The number of piperidine rings is 1. The van der Waals surface area contributed by atoms with E-state index in [0.717, 1.165) is 11.1 Å². The van der Waals surface area contributed by atoms with E-state index in [4.69, 9.17) is 9.47 Å². The molecular formula is C22H25FN2O3. The van der Waals surface area contributed by atoms with Crippen molar-refractivity contribution in [3.8, 4) is 0 Å². The highest BCUT2D eigenvalue weighted by Gasteiger charge is 2.48. The molecular weight excluding hydrogens is 359 g/mol. The smallest absolute Gasteiger partial charge is 0.217 e. The number of nitrogens with one attached hydrogen (secondary N) is 1.